The number of carboxylic acids is 1. The fraction of sp³-hybridized carbons (Fsp3) is 0.130. The maximum absolute atomic E-state index is 11.9. The number of anilines is 2. The van der Waals surface area contributed by atoms with E-state index in [1.54, 1.807) is 11.3 Å². The highest BCUT2D eigenvalue weighted by Crippen LogP contribution is 2.52. The third-order valence-corrected chi connectivity index (χ3v) is 11.7. The van der Waals surface area contributed by atoms with Gasteiger partial charge in [0.1, 0.15) is 4.70 Å². The molecule has 0 saturated heterocycles. The highest BCUT2D eigenvalue weighted by atomic mass is 32.1. The summed E-state index contributed by atoms with van der Waals surface area (Å²) in [5, 5.41) is 13.0. The van der Waals surface area contributed by atoms with Gasteiger partial charge in [-0.1, -0.05) is 121 Å². The van der Waals surface area contributed by atoms with E-state index in [-0.39, 0.29) is 6.54 Å². The van der Waals surface area contributed by atoms with Crippen LogP contribution in [-0.2, 0) is 11.3 Å². The average Bonchev–Trinajstić information content (AvgIpc) is 3.87. The Morgan fingerprint density at radius 2 is 1.47 bits per heavy atom. The van der Waals surface area contributed by atoms with Crippen LogP contribution >= 0.6 is 11.3 Å². The van der Waals surface area contributed by atoms with Crippen molar-refractivity contribution in [2.45, 2.75) is 37.8 Å². The highest BCUT2D eigenvalue weighted by Gasteiger charge is 2.42. The zero-order valence-corrected chi connectivity index (χ0v) is 29.0. The van der Waals surface area contributed by atoms with Gasteiger partial charge in [0.25, 0.3) is 5.01 Å². The Hall–Kier alpha value is -5.78. The van der Waals surface area contributed by atoms with Crippen molar-refractivity contribution < 1.29 is 14.5 Å². The fourth-order valence-electron chi connectivity index (χ4n) is 8.20. The molecule has 0 radical (unpaired) electrons. The number of aliphatic carboxylic acids is 1. The summed E-state index contributed by atoms with van der Waals surface area (Å²) in [6, 6.07) is 50.0. The number of carbonyl (C=O) groups is 1. The second-order valence-corrected chi connectivity index (χ2v) is 14.6. The number of aromatic nitrogens is 1. The van der Waals surface area contributed by atoms with Crippen molar-refractivity contribution in [1.82, 2.24) is 0 Å². The van der Waals surface area contributed by atoms with E-state index < -0.39 is 5.97 Å². The van der Waals surface area contributed by atoms with Crippen LogP contribution in [0.2, 0.25) is 0 Å². The monoisotopic (exact) mass is 681 g/mol. The van der Waals surface area contributed by atoms with Gasteiger partial charge in [0.15, 0.2) is 0 Å². The summed E-state index contributed by atoms with van der Waals surface area (Å²) in [5.41, 5.74) is 10.9. The molecule has 2 aliphatic rings. The number of hydrogen-bond acceptors (Lipinski definition) is 3. The molecule has 0 bridgehead atoms. The van der Waals surface area contributed by atoms with Crippen LogP contribution in [0.3, 0.4) is 0 Å². The Bertz CT molecular complexity index is 2420. The minimum Gasteiger partial charge on any atom is -0.477 e. The number of benzene rings is 6. The molecule has 1 aromatic heterocycles. The van der Waals surface area contributed by atoms with Gasteiger partial charge in [-0.05, 0) is 94.1 Å². The predicted octanol–water partition coefficient (Wildman–Crippen LogP) is 11.0. The molecule has 1 saturated carbocycles. The number of thiazole rings is 1. The summed E-state index contributed by atoms with van der Waals surface area (Å²) in [4.78, 5) is 14.5. The average molecular weight is 682 g/mol. The van der Waals surface area contributed by atoms with E-state index in [1.807, 2.05) is 22.8 Å². The van der Waals surface area contributed by atoms with Crippen molar-refractivity contribution in [1.29, 1.82) is 0 Å². The van der Waals surface area contributed by atoms with Gasteiger partial charge in [-0.25, -0.2) is 4.79 Å². The molecular weight excluding hydrogens is 645 g/mol. The third kappa shape index (κ3) is 5.84. The Labute approximate surface area is 301 Å². The van der Waals surface area contributed by atoms with Crippen LogP contribution < -0.4 is 9.47 Å². The number of fused-ring (bicyclic) bond motifs is 6. The van der Waals surface area contributed by atoms with E-state index in [4.69, 9.17) is 0 Å². The maximum atomic E-state index is 11.9. The molecule has 0 amide bonds. The van der Waals surface area contributed by atoms with Crippen LogP contribution in [0.1, 0.15) is 58.0 Å². The number of carboxylic acid groups (broad SMARTS) is 1. The standard InChI is InChI=1S/C46H36N2O2S/c49-45(50)30-47-43-26-22-35-14-7-8-15-37(35)46(43)51-44(47)27-21-32-20-25-42-40(29-32)38-16-9-17-41(38)48(42)36-23-18-31(19-24-36)28-39(33-10-3-1-4-11-33)34-12-5-2-6-13-34/h1-8,10-15,18-29,38,41H,9,16-17,30H2/p+1. The van der Waals surface area contributed by atoms with Gasteiger partial charge in [0.2, 0.25) is 12.1 Å². The highest BCUT2D eigenvalue weighted by molar-refractivity contribution is 7.19. The lowest BCUT2D eigenvalue weighted by atomic mass is 9.95. The second-order valence-electron chi connectivity index (χ2n) is 13.6. The van der Waals surface area contributed by atoms with E-state index in [0.29, 0.717) is 12.0 Å². The SMILES string of the molecule is O=C(O)C[n+]1c(/C=C/c2ccc3c(c2)C2CCCC2N3c2ccc(C=C(c3ccccc3)c3ccccc3)cc2)sc2c3ccccc3ccc21. The predicted molar refractivity (Wildman–Crippen MR) is 211 cm³/mol. The molecule has 2 heterocycles. The first-order chi connectivity index (χ1) is 25.1. The van der Waals surface area contributed by atoms with Gasteiger partial charge in [0.05, 0.1) is 0 Å². The Balaban J connectivity index is 1.03. The first-order valence-electron chi connectivity index (χ1n) is 17.7. The van der Waals surface area contributed by atoms with Gasteiger partial charge in [0, 0.05) is 40.9 Å². The molecule has 7 aromatic rings. The first kappa shape index (κ1) is 31.2. The van der Waals surface area contributed by atoms with Crippen molar-refractivity contribution in [3.63, 3.8) is 0 Å². The molecule has 5 heteroatoms. The zero-order chi connectivity index (χ0) is 34.3. The van der Waals surface area contributed by atoms with Crippen LogP contribution in [0, 0.1) is 0 Å². The Kier molecular flexibility index (Phi) is 8.06. The van der Waals surface area contributed by atoms with E-state index >= 15 is 0 Å². The lowest BCUT2D eigenvalue weighted by molar-refractivity contribution is -0.657. The van der Waals surface area contributed by atoms with Crippen molar-refractivity contribution in [3.05, 3.63) is 172 Å². The summed E-state index contributed by atoms with van der Waals surface area (Å²) in [7, 11) is 0. The molecule has 9 rings (SSSR count). The van der Waals surface area contributed by atoms with E-state index in [9.17, 15) is 9.90 Å². The Morgan fingerprint density at radius 3 is 2.22 bits per heavy atom. The van der Waals surface area contributed by atoms with Gasteiger partial charge in [-0.2, -0.15) is 4.57 Å². The van der Waals surface area contributed by atoms with E-state index in [1.165, 1.54) is 58.5 Å². The van der Waals surface area contributed by atoms with E-state index in [0.717, 1.165) is 31.6 Å². The lowest BCUT2D eigenvalue weighted by Gasteiger charge is -2.27. The van der Waals surface area contributed by atoms with Crippen molar-refractivity contribution in [2.24, 2.45) is 0 Å². The van der Waals surface area contributed by atoms with Gasteiger partial charge >= 0.3 is 5.97 Å². The molecule has 1 aliphatic carbocycles. The third-order valence-electron chi connectivity index (χ3n) is 10.5. The molecule has 51 heavy (non-hydrogen) atoms. The number of nitrogens with zero attached hydrogens (tertiary/aromatic N) is 2. The van der Waals surface area contributed by atoms with Crippen molar-refractivity contribution in [2.75, 3.05) is 4.90 Å². The van der Waals surface area contributed by atoms with Gasteiger partial charge < -0.3 is 10.0 Å². The molecule has 2 atom stereocenters. The normalized spacial score (nSPS) is 16.5. The summed E-state index contributed by atoms with van der Waals surface area (Å²) >= 11 is 1.66. The quantitative estimate of drug-likeness (QED) is 0.128. The summed E-state index contributed by atoms with van der Waals surface area (Å²) < 4.78 is 3.04. The molecular formula is C46H37N2O2S+. The first-order valence-corrected chi connectivity index (χ1v) is 18.5. The molecule has 2 unspecified atom stereocenters. The molecule has 0 spiro atoms. The molecule has 1 fully saturated rings. The van der Waals surface area contributed by atoms with Crippen LogP contribution in [-0.4, -0.2) is 17.1 Å². The maximum Gasteiger partial charge on any atom is 0.370 e. The summed E-state index contributed by atoms with van der Waals surface area (Å²) in [6.45, 7) is -0.0741. The smallest absolute Gasteiger partial charge is 0.370 e. The largest absolute Gasteiger partial charge is 0.477 e. The van der Waals surface area contributed by atoms with Crippen LogP contribution in [0.15, 0.2) is 140 Å². The number of rotatable bonds is 8. The topological polar surface area (TPSA) is 44.4 Å². The van der Waals surface area contributed by atoms with Crippen LogP contribution in [0.25, 0.3) is 44.8 Å². The zero-order valence-electron chi connectivity index (χ0n) is 28.2. The minimum atomic E-state index is -0.843. The molecule has 248 valence electrons. The second kappa shape index (κ2) is 13.2. The van der Waals surface area contributed by atoms with E-state index in [2.05, 4.69) is 144 Å². The molecule has 4 nitrogen and oxygen atoms in total. The lowest BCUT2D eigenvalue weighted by Crippen LogP contribution is -2.39. The summed E-state index contributed by atoms with van der Waals surface area (Å²) in [6.07, 6.45) is 10.1. The van der Waals surface area contributed by atoms with Crippen molar-refractivity contribution in [3.8, 4) is 0 Å². The van der Waals surface area contributed by atoms with Gasteiger partial charge in [-0.15, -0.1) is 0 Å². The molecule has 1 aliphatic heterocycles. The summed E-state index contributed by atoms with van der Waals surface area (Å²) in [5.74, 6) is -0.340. The van der Waals surface area contributed by atoms with Crippen LogP contribution in [0.4, 0.5) is 11.4 Å². The van der Waals surface area contributed by atoms with Gasteiger partial charge in [-0.3, -0.25) is 0 Å². The fourth-order valence-corrected chi connectivity index (χ4v) is 9.40. The number of hydrogen-bond donors (Lipinski definition) is 1. The molecule has 1 N–H and O–H groups in total. The van der Waals surface area contributed by atoms with Crippen molar-refractivity contribution >= 4 is 73.5 Å². The molecule has 6 aromatic carbocycles. The van der Waals surface area contributed by atoms with Crippen LogP contribution in [0.5, 0.6) is 0 Å². The Morgan fingerprint density at radius 1 is 0.765 bits per heavy atom. The minimum absolute atomic E-state index is 0.0741.